The molecule has 0 aliphatic carbocycles. The summed E-state index contributed by atoms with van der Waals surface area (Å²) in [6.45, 7) is 1.79. The third kappa shape index (κ3) is 5.49. The van der Waals surface area contributed by atoms with Crippen LogP contribution >= 0.6 is 11.6 Å². The lowest BCUT2D eigenvalue weighted by Gasteiger charge is -2.09. The molecule has 2 aromatic carbocycles. The first kappa shape index (κ1) is 19.3. The van der Waals surface area contributed by atoms with Crippen molar-refractivity contribution in [1.82, 2.24) is 5.43 Å². The van der Waals surface area contributed by atoms with E-state index in [0.29, 0.717) is 16.3 Å². The summed E-state index contributed by atoms with van der Waals surface area (Å²) in [5, 5.41) is 25.7. The number of phenolic OH excluding ortho intramolecular Hbond substituents is 2. The molecule has 4 N–H and O–H groups in total. The number of amides is 2. The first-order valence-electron chi connectivity index (χ1n) is 7.75. The van der Waals surface area contributed by atoms with E-state index in [9.17, 15) is 19.8 Å². The number of hydrogen-bond acceptors (Lipinski definition) is 5. The molecule has 0 fully saturated rings. The maximum atomic E-state index is 11.9. The molecule has 0 spiro atoms. The highest BCUT2D eigenvalue weighted by Gasteiger charge is 2.09. The van der Waals surface area contributed by atoms with Crippen LogP contribution in [-0.2, 0) is 9.59 Å². The van der Waals surface area contributed by atoms with E-state index in [0.717, 1.165) is 11.6 Å². The van der Waals surface area contributed by atoms with E-state index in [1.54, 1.807) is 25.1 Å². The number of hydrazone groups is 1. The Morgan fingerprint density at radius 2 is 1.88 bits per heavy atom. The van der Waals surface area contributed by atoms with Crippen molar-refractivity contribution in [3.63, 3.8) is 0 Å². The average Bonchev–Trinajstić information content (AvgIpc) is 2.59. The maximum absolute atomic E-state index is 11.9. The van der Waals surface area contributed by atoms with Gasteiger partial charge in [-0.05, 0) is 36.8 Å². The third-order valence-corrected chi connectivity index (χ3v) is 3.94. The van der Waals surface area contributed by atoms with Crippen LogP contribution in [0.25, 0.3) is 0 Å². The van der Waals surface area contributed by atoms with Gasteiger partial charge in [0.25, 0.3) is 0 Å². The van der Waals surface area contributed by atoms with Crippen molar-refractivity contribution in [1.29, 1.82) is 0 Å². The molecule has 0 atom stereocenters. The number of carbonyl (C=O) groups excluding carboxylic acids is 2. The number of benzene rings is 2. The highest BCUT2D eigenvalue weighted by Crippen LogP contribution is 2.23. The molecule has 7 nitrogen and oxygen atoms in total. The summed E-state index contributed by atoms with van der Waals surface area (Å²) >= 11 is 5.99. The normalized spacial score (nSPS) is 10.7. The van der Waals surface area contributed by atoms with Gasteiger partial charge < -0.3 is 15.5 Å². The lowest BCUT2D eigenvalue weighted by Crippen LogP contribution is -2.20. The number of nitrogens with one attached hydrogen (secondary N) is 2. The second-order valence-electron chi connectivity index (χ2n) is 5.50. The SMILES string of the molecule is Cc1c(Cl)cccc1NC(=O)CCC(=O)N/N=C\c1ccc(O)cc1O. The lowest BCUT2D eigenvalue weighted by atomic mass is 10.2. The summed E-state index contributed by atoms with van der Waals surface area (Å²) in [5.41, 5.74) is 3.95. The number of phenols is 2. The molecular weight excluding hydrogens is 358 g/mol. The van der Waals surface area contributed by atoms with Crippen LogP contribution in [0.15, 0.2) is 41.5 Å². The van der Waals surface area contributed by atoms with E-state index >= 15 is 0 Å². The molecule has 2 amide bonds. The summed E-state index contributed by atoms with van der Waals surface area (Å²) in [7, 11) is 0. The molecule has 0 aromatic heterocycles. The minimum absolute atomic E-state index is 0.0161. The number of nitrogens with zero attached hydrogens (tertiary/aromatic N) is 1. The van der Waals surface area contributed by atoms with Crippen molar-refractivity contribution in [3.8, 4) is 11.5 Å². The molecule has 0 unspecified atom stereocenters. The molecule has 0 saturated carbocycles. The molecule has 0 aliphatic rings. The second kappa shape index (κ2) is 8.87. The van der Waals surface area contributed by atoms with E-state index in [1.807, 2.05) is 0 Å². The smallest absolute Gasteiger partial charge is 0.240 e. The number of carbonyl (C=O) groups is 2. The fourth-order valence-corrected chi connectivity index (χ4v) is 2.23. The van der Waals surface area contributed by atoms with Crippen molar-refractivity contribution >= 4 is 35.3 Å². The topological polar surface area (TPSA) is 111 Å². The molecule has 0 bridgehead atoms. The van der Waals surface area contributed by atoms with Crippen molar-refractivity contribution < 1.29 is 19.8 Å². The van der Waals surface area contributed by atoms with Gasteiger partial charge >= 0.3 is 0 Å². The molecule has 8 heteroatoms. The zero-order chi connectivity index (χ0) is 19.1. The highest BCUT2D eigenvalue weighted by atomic mass is 35.5. The van der Waals surface area contributed by atoms with E-state index in [1.165, 1.54) is 18.3 Å². The number of anilines is 1. The van der Waals surface area contributed by atoms with Crippen LogP contribution in [0, 0.1) is 6.92 Å². The first-order chi connectivity index (χ1) is 12.4. The van der Waals surface area contributed by atoms with Crippen molar-refractivity contribution in [2.75, 3.05) is 5.32 Å². The maximum Gasteiger partial charge on any atom is 0.240 e. The van der Waals surface area contributed by atoms with Crippen molar-refractivity contribution in [2.45, 2.75) is 19.8 Å². The molecule has 0 heterocycles. The summed E-state index contributed by atoms with van der Waals surface area (Å²) in [6, 6.07) is 9.17. The van der Waals surface area contributed by atoms with Crippen LogP contribution in [0.1, 0.15) is 24.0 Å². The number of hydrogen-bond donors (Lipinski definition) is 4. The zero-order valence-corrected chi connectivity index (χ0v) is 14.7. The summed E-state index contributed by atoms with van der Waals surface area (Å²) in [4.78, 5) is 23.6. The van der Waals surface area contributed by atoms with E-state index in [4.69, 9.17) is 11.6 Å². The van der Waals surface area contributed by atoms with Gasteiger partial charge in [-0.15, -0.1) is 0 Å². The standard InChI is InChI=1S/C18H18ClN3O4/c1-11-14(19)3-2-4-15(11)21-17(25)7-8-18(26)22-20-10-12-5-6-13(23)9-16(12)24/h2-6,9-10,23-24H,7-8H2,1H3,(H,21,25)(H,22,26)/b20-10-. The number of halogens is 1. The molecule has 0 saturated heterocycles. The van der Waals surface area contributed by atoms with Gasteiger partial charge in [-0.2, -0.15) is 5.10 Å². The predicted octanol–water partition coefficient (Wildman–Crippen LogP) is 2.93. The fraction of sp³-hybridized carbons (Fsp3) is 0.167. The van der Waals surface area contributed by atoms with Gasteiger partial charge in [0.1, 0.15) is 11.5 Å². The quantitative estimate of drug-likeness (QED) is 0.459. The van der Waals surface area contributed by atoms with Gasteiger partial charge in [-0.1, -0.05) is 17.7 Å². The Hall–Kier alpha value is -3.06. The lowest BCUT2D eigenvalue weighted by molar-refractivity contribution is -0.124. The molecule has 26 heavy (non-hydrogen) atoms. The number of aromatic hydroxyl groups is 2. The van der Waals surface area contributed by atoms with Gasteiger partial charge in [0.05, 0.1) is 6.21 Å². The molecule has 2 rings (SSSR count). The second-order valence-corrected chi connectivity index (χ2v) is 5.90. The Labute approximate surface area is 155 Å². The minimum atomic E-state index is -0.447. The van der Waals surface area contributed by atoms with Crippen molar-refractivity contribution in [2.24, 2.45) is 5.10 Å². The molecule has 0 aliphatic heterocycles. The molecule has 0 radical (unpaired) electrons. The van der Waals surface area contributed by atoms with Crippen LogP contribution < -0.4 is 10.7 Å². The van der Waals surface area contributed by atoms with Crippen LogP contribution in [0.4, 0.5) is 5.69 Å². The largest absolute Gasteiger partial charge is 0.508 e. The minimum Gasteiger partial charge on any atom is -0.508 e. The van der Waals surface area contributed by atoms with E-state index < -0.39 is 5.91 Å². The highest BCUT2D eigenvalue weighted by molar-refractivity contribution is 6.31. The Bertz CT molecular complexity index is 852. The summed E-state index contributed by atoms with van der Waals surface area (Å²) < 4.78 is 0. The van der Waals surface area contributed by atoms with Crippen LogP contribution in [0.5, 0.6) is 11.5 Å². The van der Waals surface area contributed by atoms with Crippen LogP contribution in [-0.4, -0.2) is 28.2 Å². The van der Waals surface area contributed by atoms with E-state index in [-0.39, 0.29) is 30.2 Å². The number of rotatable bonds is 6. The zero-order valence-electron chi connectivity index (χ0n) is 14.0. The van der Waals surface area contributed by atoms with Gasteiger partial charge in [0, 0.05) is 35.2 Å². The monoisotopic (exact) mass is 375 g/mol. The third-order valence-electron chi connectivity index (χ3n) is 3.53. The van der Waals surface area contributed by atoms with Gasteiger partial charge in [-0.25, -0.2) is 5.43 Å². The van der Waals surface area contributed by atoms with Gasteiger partial charge in [0.2, 0.25) is 11.8 Å². The van der Waals surface area contributed by atoms with Crippen LogP contribution in [0.3, 0.4) is 0 Å². The fourth-order valence-electron chi connectivity index (χ4n) is 2.05. The van der Waals surface area contributed by atoms with E-state index in [2.05, 4.69) is 15.8 Å². The predicted molar refractivity (Wildman–Crippen MR) is 99.6 cm³/mol. The Morgan fingerprint density at radius 1 is 1.15 bits per heavy atom. The van der Waals surface area contributed by atoms with Crippen LogP contribution in [0.2, 0.25) is 5.02 Å². The molecule has 136 valence electrons. The summed E-state index contributed by atoms with van der Waals surface area (Å²) in [5.74, 6) is -1.01. The Kier molecular flexibility index (Phi) is 6.57. The Balaban J connectivity index is 1.80. The Morgan fingerprint density at radius 3 is 2.62 bits per heavy atom. The molecule has 2 aromatic rings. The average molecular weight is 376 g/mol. The summed E-state index contributed by atoms with van der Waals surface area (Å²) in [6.07, 6.45) is 1.17. The van der Waals surface area contributed by atoms with Gasteiger partial charge in [-0.3, -0.25) is 9.59 Å². The molecular formula is C18H18ClN3O4. The first-order valence-corrected chi connectivity index (χ1v) is 8.13. The van der Waals surface area contributed by atoms with Crippen molar-refractivity contribution in [3.05, 3.63) is 52.5 Å². The van der Waals surface area contributed by atoms with Gasteiger partial charge in [0.15, 0.2) is 0 Å².